The molecule has 0 N–H and O–H groups in total. The summed E-state index contributed by atoms with van der Waals surface area (Å²) in [6.07, 6.45) is 11.5. The van der Waals surface area contributed by atoms with Gasteiger partial charge in [-0.05, 0) is 111 Å². The van der Waals surface area contributed by atoms with Crippen molar-refractivity contribution in [3.63, 3.8) is 0 Å². The van der Waals surface area contributed by atoms with Crippen LogP contribution in [0.3, 0.4) is 0 Å². The molecular weight excluding hydrogens is 518 g/mol. The van der Waals surface area contributed by atoms with E-state index in [-0.39, 0.29) is 0 Å². The molecule has 0 saturated heterocycles. The minimum Gasteiger partial charge on any atom is -0.309 e. The van der Waals surface area contributed by atoms with Gasteiger partial charge in [0.05, 0.1) is 16.7 Å². The molecule has 1 aromatic heterocycles. The molecule has 1 heterocycles. The lowest BCUT2D eigenvalue weighted by atomic mass is 9.89. The van der Waals surface area contributed by atoms with Crippen molar-refractivity contribution in [2.75, 3.05) is 0 Å². The monoisotopic (exact) mass is 547 g/mol. The minimum absolute atomic E-state index is 0.987. The molecule has 3 aliphatic carbocycles. The highest BCUT2D eigenvalue weighted by Crippen LogP contribution is 2.50. The Kier molecular flexibility index (Phi) is 4.73. The summed E-state index contributed by atoms with van der Waals surface area (Å²) in [5.41, 5.74) is 15.4. The zero-order valence-corrected chi connectivity index (χ0v) is 23.9. The van der Waals surface area contributed by atoms with E-state index >= 15 is 0 Å². The Hall–Kier alpha value is -5.14. The van der Waals surface area contributed by atoms with Crippen molar-refractivity contribution >= 4 is 48.9 Å². The van der Waals surface area contributed by atoms with Crippen LogP contribution in [0.2, 0.25) is 0 Å². The lowest BCUT2D eigenvalue weighted by molar-refractivity contribution is 0.930. The average molecular weight is 548 g/mol. The van der Waals surface area contributed by atoms with Crippen LogP contribution in [0.1, 0.15) is 36.0 Å². The number of hydrogen-bond acceptors (Lipinski definition) is 0. The van der Waals surface area contributed by atoms with Crippen molar-refractivity contribution in [1.82, 2.24) is 4.57 Å². The molecule has 0 atom stereocenters. The van der Waals surface area contributed by atoms with Crippen LogP contribution in [-0.2, 0) is 6.42 Å². The fraction of sp³-hybridized carbons (Fsp3) is 0.0952. The van der Waals surface area contributed by atoms with Gasteiger partial charge in [-0.3, -0.25) is 0 Å². The van der Waals surface area contributed by atoms with Gasteiger partial charge >= 0.3 is 0 Å². The quantitative estimate of drug-likeness (QED) is 0.203. The van der Waals surface area contributed by atoms with Crippen LogP contribution in [0.4, 0.5) is 0 Å². The molecule has 0 aliphatic heterocycles. The molecule has 0 radical (unpaired) electrons. The van der Waals surface area contributed by atoms with Crippen molar-refractivity contribution in [1.29, 1.82) is 0 Å². The lowest BCUT2D eigenvalue weighted by Crippen LogP contribution is -2.02. The molecular formula is C42H29N. The van der Waals surface area contributed by atoms with Crippen LogP contribution >= 0.6 is 0 Å². The van der Waals surface area contributed by atoms with Crippen LogP contribution in [0.5, 0.6) is 0 Å². The van der Waals surface area contributed by atoms with Crippen molar-refractivity contribution < 1.29 is 0 Å². The van der Waals surface area contributed by atoms with Crippen molar-refractivity contribution in [3.05, 3.63) is 155 Å². The zero-order chi connectivity index (χ0) is 28.1. The Morgan fingerprint density at radius 3 is 2.14 bits per heavy atom. The summed E-state index contributed by atoms with van der Waals surface area (Å²) in [4.78, 5) is 0. The van der Waals surface area contributed by atoms with Crippen LogP contribution in [0.25, 0.3) is 65.7 Å². The van der Waals surface area contributed by atoms with Crippen LogP contribution in [0.15, 0.2) is 139 Å². The first-order valence-corrected chi connectivity index (χ1v) is 15.5. The van der Waals surface area contributed by atoms with Gasteiger partial charge in [-0.1, -0.05) is 103 Å². The van der Waals surface area contributed by atoms with Crippen LogP contribution in [0, 0.1) is 0 Å². The van der Waals surface area contributed by atoms with Gasteiger partial charge in [0.2, 0.25) is 0 Å². The van der Waals surface area contributed by atoms with E-state index in [4.69, 9.17) is 0 Å². The maximum Gasteiger partial charge on any atom is 0.0547 e. The third kappa shape index (κ3) is 3.34. The van der Waals surface area contributed by atoms with E-state index < -0.39 is 0 Å². The molecule has 0 fully saturated rings. The standard InChI is InChI=1S/C42H29N/c1-2-11-28-21-34(20-27(28)10-1)42-39(18-17-32-22-33-19-26-9-3-4-12-29(26)23-36(33)41(32)42)43-38-16-8-7-15-35(38)37-24-30-13-5-6-14-31(30)25-40(37)43/h1,3-10,12-20,23-25H,2,11,21-22H2. The van der Waals surface area contributed by atoms with E-state index in [9.17, 15) is 0 Å². The van der Waals surface area contributed by atoms with Gasteiger partial charge in [-0.25, -0.2) is 0 Å². The minimum atomic E-state index is 0.987. The third-order valence-electron chi connectivity index (χ3n) is 10.0. The molecule has 1 heteroatoms. The van der Waals surface area contributed by atoms with E-state index in [1.165, 1.54) is 94.4 Å². The molecule has 3 aliphatic rings. The van der Waals surface area contributed by atoms with E-state index in [1.807, 2.05) is 0 Å². The summed E-state index contributed by atoms with van der Waals surface area (Å²) < 4.78 is 2.56. The number of fused-ring (bicyclic) bond motifs is 8. The van der Waals surface area contributed by atoms with Gasteiger partial charge in [0.1, 0.15) is 0 Å². The highest BCUT2D eigenvalue weighted by molar-refractivity contribution is 6.14. The van der Waals surface area contributed by atoms with E-state index in [0.717, 1.165) is 19.3 Å². The number of hydrogen-bond donors (Lipinski definition) is 0. The topological polar surface area (TPSA) is 4.93 Å². The first-order chi connectivity index (χ1) is 21.3. The fourth-order valence-corrected chi connectivity index (χ4v) is 8.09. The Labute approximate surface area is 250 Å². The number of para-hydroxylation sites is 1. The van der Waals surface area contributed by atoms with Gasteiger partial charge in [0, 0.05) is 16.3 Å². The predicted molar refractivity (Wildman–Crippen MR) is 182 cm³/mol. The third-order valence-corrected chi connectivity index (χ3v) is 10.0. The summed E-state index contributed by atoms with van der Waals surface area (Å²) >= 11 is 0. The van der Waals surface area contributed by atoms with Crippen LogP contribution in [-0.4, -0.2) is 4.57 Å². The van der Waals surface area contributed by atoms with E-state index in [0.29, 0.717) is 0 Å². The second-order valence-electron chi connectivity index (χ2n) is 12.4. The fourth-order valence-electron chi connectivity index (χ4n) is 8.09. The molecule has 43 heavy (non-hydrogen) atoms. The smallest absolute Gasteiger partial charge is 0.0547 e. The summed E-state index contributed by atoms with van der Waals surface area (Å²) in [5.74, 6) is 0. The van der Waals surface area contributed by atoms with Crippen molar-refractivity contribution in [2.45, 2.75) is 25.7 Å². The number of rotatable bonds is 2. The number of aromatic nitrogens is 1. The van der Waals surface area contributed by atoms with Gasteiger partial charge < -0.3 is 4.57 Å². The maximum absolute atomic E-state index is 2.56. The largest absolute Gasteiger partial charge is 0.309 e. The number of benzene rings is 6. The molecule has 202 valence electrons. The average Bonchev–Trinajstić information content (AvgIpc) is 3.73. The van der Waals surface area contributed by atoms with Crippen LogP contribution < -0.4 is 0 Å². The Balaban J connectivity index is 1.32. The maximum atomic E-state index is 2.56. The lowest BCUT2D eigenvalue weighted by Gasteiger charge is -2.20. The molecule has 0 amide bonds. The summed E-state index contributed by atoms with van der Waals surface area (Å²) in [5, 5.41) is 7.83. The number of allylic oxidation sites excluding steroid dienone is 6. The summed E-state index contributed by atoms with van der Waals surface area (Å²) in [6.45, 7) is 0. The zero-order valence-electron chi connectivity index (χ0n) is 23.9. The molecule has 6 aromatic carbocycles. The molecule has 0 saturated carbocycles. The predicted octanol–water partition coefficient (Wildman–Crippen LogP) is 11.1. The summed E-state index contributed by atoms with van der Waals surface area (Å²) in [7, 11) is 0. The Bertz CT molecular complexity index is 2440. The SMILES string of the molecule is C1=CC2=C(CC1)CC(c1c(-n3c4ccccc4c4cc5ccccc5cc43)ccc3c1-c1cc4ccccc4cc1C3)=C2. The second-order valence-corrected chi connectivity index (χ2v) is 12.4. The number of nitrogens with zero attached hydrogens (tertiary/aromatic N) is 1. The molecule has 0 spiro atoms. The van der Waals surface area contributed by atoms with E-state index in [2.05, 4.69) is 132 Å². The normalized spacial score (nSPS) is 15.5. The van der Waals surface area contributed by atoms with Gasteiger partial charge in [0.15, 0.2) is 0 Å². The highest BCUT2D eigenvalue weighted by Gasteiger charge is 2.30. The molecule has 0 unspecified atom stereocenters. The van der Waals surface area contributed by atoms with Crippen molar-refractivity contribution in [2.24, 2.45) is 0 Å². The Morgan fingerprint density at radius 1 is 0.558 bits per heavy atom. The molecule has 7 aromatic rings. The Morgan fingerprint density at radius 2 is 1.30 bits per heavy atom. The molecule has 10 rings (SSSR count). The molecule has 0 bridgehead atoms. The highest BCUT2D eigenvalue weighted by atomic mass is 15.0. The first kappa shape index (κ1) is 23.4. The van der Waals surface area contributed by atoms with Gasteiger partial charge in [-0.2, -0.15) is 0 Å². The van der Waals surface area contributed by atoms with Gasteiger partial charge in [-0.15, -0.1) is 0 Å². The molecule has 1 nitrogen and oxygen atoms in total. The van der Waals surface area contributed by atoms with Gasteiger partial charge in [0.25, 0.3) is 0 Å². The first-order valence-electron chi connectivity index (χ1n) is 15.5. The summed E-state index contributed by atoms with van der Waals surface area (Å²) in [6, 6.07) is 41.0. The van der Waals surface area contributed by atoms with Crippen molar-refractivity contribution in [3.8, 4) is 16.8 Å². The second kappa shape index (κ2) is 8.69. The van der Waals surface area contributed by atoms with E-state index in [1.54, 1.807) is 5.57 Å².